The molecule has 0 saturated carbocycles. The van der Waals surface area contributed by atoms with Crippen LogP contribution in [0.4, 0.5) is 0 Å². The highest BCUT2D eigenvalue weighted by molar-refractivity contribution is 5.84. The van der Waals surface area contributed by atoms with Gasteiger partial charge in [0.05, 0.1) is 6.04 Å². The van der Waals surface area contributed by atoms with Gasteiger partial charge in [0.15, 0.2) is 0 Å². The molecular formula is C11H11NO2. The molecule has 2 rings (SSSR count). The quantitative estimate of drug-likeness (QED) is 0.710. The first-order valence-corrected chi connectivity index (χ1v) is 4.47. The smallest absolute Gasteiger partial charge is 0.331 e. The summed E-state index contributed by atoms with van der Waals surface area (Å²) in [6.45, 7) is 0. The summed E-state index contributed by atoms with van der Waals surface area (Å²) < 4.78 is 5.00. The Hall–Kier alpha value is -1.61. The third-order valence-corrected chi connectivity index (χ3v) is 2.21. The lowest BCUT2D eigenvalue weighted by Crippen LogP contribution is -2.25. The zero-order chi connectivity index (χ0) is 9.97. The SMILES string of the molecule is N[C@@H](c1ccccc1)[C@H]1C=CC(=O)O1. The Balaban J connectivity index is 2.13. The molecule has 0 amide bonds. The van der Waals surface area contributed by atoms with Gasteiger partial charge in [0, 0.05) is 6.08 Å². The topological polar surface area (TPSA) is 52.3 Å². The molecule has 3 heteroatoms. The molecular weight excluding hydrogens is 178 g/mol. The van der Waals surface area contributed by atoms with Crippen LogP contribution in [-0.4, -0.2) is 12.1 Å². The van der Waals surface area contributed by atoms with E-state index in [1.165, 1.54) is 6.08 Å². The molecule has 0 aromatic heterocycles. The number of ether oxygens (including phenoxy) is 1. The number of carbonyl (C=O) groups is 1. The fraction of sp³-hybridized carbons (Fsp3) is 0.182. The molecule has 0 saturated heterocycles. The van der Waals surface area contributed by atoms with Crippen molar-refractivity contribution < 1.29 is 9.53 Å². The minimum atomic E-state index is -0.329. The Morgan fingerprint density at radius 2 is 2.00 bits per heavy atom. The van der Waals surface area contributed by atoms with Crippen LogP contribution in [0.25, 0.3) is 0 Å². The number of nitrogens with two attached hydrogens (primary N) is 1. The van der Waals surface area contributed by atoms with Gasteiger partial charge >= 0.3 is 5.97 Å². The van der Waals surface area contributed by atoms with Crippen molar-refractivity contribution in [2.75, 3.05) is 0 Å². The predicted octanol–water partition coefficient (Wildman–Crippen LogP) is 1.17. The summed E-state index contributed by atoms with van der Waals surface area (Å²) in [6.07, 6.45) is 2.78. The zero-order valence-electron chi connectivity index (χ0n) is 7.59. The number of carbonyl (C=O) groups excluding carboxylic acids is 1. The van der Waals surface area contributed by atoms with E-state index in [0.717, 1.165) is 5.56 Å². The standard InChI is InChI=1S/C11H11NO2/c12-11(8-4-2-1-3-5-8)9-6-7-10(13)14-9/h1-7,9,11H,12H2/t9-,11+/m1/s1. The largest absolute Gasteiger partial charge is 0.453 e. The summed E-state index contributed by atoms with van der Waals surface area (Å²) in [6, 6.07) is 9.31. The Morgan fingerprint density at radius 1 is 1.29 bits per heavy atom. The highest BCUT2D eigenvalue weighted by atomic mass is 16.5. The van der Waals surface area contributed by atoms with E-state index in [9.17, 15) is 4.79 Å². The molecule has 3 nitrogen and oxygen atoms in total. The Kier molecular flexibility index (Phi) is 2.33. The van der Waals surface area contributed by atoms with E-state index in [1.807, 2.05) is 30.3 Å². The monoisotopic (exact) mass is 189 g/mol. The average Bonchev–Trinajstić information content (AvgIpc) is 2.65. The minimum absolute atomic E-state index is 0.279. The van der Waals surface area contributed by atoms with Crippen molar-refractivity contribution in [1.82, 2.24) is 0 Å². The second kappa shape index (κ2) is 3.64. The zero-order valence-corrected chi connectivity index (χ0v) is 7.59. The van der Waals surface area contributed by atoms with Crippen molar-refractivity contribution in [1.29, 1.82) is 0 Å². The molecule has 0 unspecified atom stereocenters. The number of hydrogen-bond acceptors (Lipinski definition) is 3. The van der Waals surface area contributed by atoms with E-state index in [4.69, 9.17) is 10.5 Å². The lowest BCUT2D eigenvalue weighted by molar-refractivity contribution is -0.139. The van der Waals surface area contributed by atoms with Gasteiger partial charge in [-0.2, -0.15) is 0 Å². The van der Waals surface area contributed by atoms with Crippen LogP contribution in [0.15, 0.2) is 42.5 Å². The van der Waals surface area contributed by atoms with Gasteiger partial charge in [0.1, 0.15) is 6.10 Å². The summed E-state index contributed by atoms with van der Waals surface area (Å²) in [7, 11) is 0. The molecule has 0 spiro atoms. The summed E-state index contributed by atoms with van der Waals surface area (Å²) in [5, 5.41) is 0. The molecule has 0 aliphatic carbocycles. The van der Waals surface area contributed by atoms with Crippen LogP contribution in [-0.2, 0) is 9.53 Å². The number of rotatable bonds is 2. The van der Waals surface area contributed by atoms with Gasteiger partial charge in [-0.1, -0.05) is 30.3 Å². The summed E-state index contributed by atoms with van der Waals surface area (Å²) in [5.41, 5.74) is 6.90. The Morgan fingerprint density at radius 3 is 2.57 bits per heavy atom. The molecule has 1 aromatic rings. The number of hydrogen-bond donors (Lipinski definition) is 1. The molecule has 2 atom stereocenters. The fourth-order valence-corrected chi connectivity index (χ4v) is 1.44. The van der Waals surface area contributed by atoms with Gasteiger partial charge < -0.3 is 10.5 Å². The summed E-state index contributed by atoms with van der Waals surface area (Å²) in [4.78, 5) is 10.8. The minimum Gasteiger partial charge on any atom is -0.453 e. The van der Waals surface area contributed by atoms with Crippen LogP contribution >= 0.6 is 0 Å². The molecule has 1 heterocycles. The highest BCUT2D eigenvalue weighted by Crippen LogP contribution is 2.20. The van der Waals surface area contributed by atoms with Gasteiger partial charge in [0.2, 0.25) is 0 Å². The summed E-state index contributed by atoms with van der Waals surface area (Å²) >= 11 is 0. The van der Waals surface area contributed by atoms with E-state index < -0.39 is 0 Å². The maximum absolute atomic E-state index is 10.8. The normalized spacial score (nSPS) is 22.1. The van der Waals surface area contributed by atoms with E-state index >= 15 is 0 Å². The lowest BCUT2D eigenvalue weighted by Gasteiger charge is -2.17. The average molecular weight is 189 g/mol. The maximum Gasteiger partial charge on any atom is 0.331 e. The van der Waals surface area contributed by atoms with Crippen molar-refractivity contribution in [2.45, 2.75) is 12.1 Å². The predicted molar refractivity (Wildman–Crippen MR) is 52.4 cm³/mol. The highest BCUT2D eigenvalue weighted by Gasteiger charge is 2.24. The molecule has 0 bridgehead atoms. The van der Waals surface area contributed by atoms with Crippen molar-refractivity contribution in [3.63, 3.8) is 0 Å². The fourth-order valence-electron chi connectivity index (χ4n) is 1.44. The van der Waals surface area contributed by atoms with Crippen LogP contribution in [0.2, 0.25) is 0 Å². The van der Waals surface area contributed by atoms with Crippen LogP contribution in [0, 0.1) is 0 Å². The van der Waals surface area contributed by atoms with Crippen molar-refractivity contribution in [2.24, 2.45) is 5.73 Å². The van der Waals surface area contributed by atoms with Crippen LogP contribution in [0.5, 0.6) is 0 Å². The molecule has 1 aliphatic heterocycles. The number of esters is 1. The van der Waals surface area contributed by atoms with E-state index in [2.05, 4.69) is 0 Å². The van der Waals surface area contributed by atoms with E-state index in [0.29, 0.717) is 0 Å². The van der Waals surface area contributed by atoms with Crippen LogP contribution in [0.1, 0.15) is 11.6 Å². The Bertz CT molecular complexity index is 359. The first-order chi connectivity index (χ1) is 6.77. The molecule has 1 aliphatic rings. The van der Waals surface area contributed by atoms with Crippen molar-refractivity contribution in [3.8, 4) is 0 Å². The molecule has 14 heavy (non-hydrogen) atoms. The second-order valence-electron chi connectivity index (χ2n) is 3.20. The van der Waals surface area contributed by atoms with Gasteiger partial charge in [-0.15, -0.1) is 0 Å². The van der Waals surface area contributed by atoms with Gasteiger partial charge in [-0.25, -0.2) is 4.79 Å². The molecule has 2 N–H and O–H groups in total. The molecule has 72 valence electrons. The lowest BCUT2D eigenvalue weighted by atomic mass is 10.0. The summed E-state index contributed by atoms with van der Waals surface area (Å²) in [5.74, 6) is -0.318. The first-order valence-electron chi connectivity index (χ1n) is 4.47. The number of cyclic esters (lactones) is 1. The maximum atomic E-state index is 10.8. The van der Waals surface area contributed by atoms with Gasteiger partial charge in [-0.3, -0.25) is 0 Å². The van der Waals surface area contributed by atoms with E-state index in [1.54, 1.807) is 6.08 Å². The third-order valence-electron chi connectivity index (χ3n) is 2.21. The van der Waals surface area contributed by atoms with Crippen LogP contribution < -0.4 is 5.73 Å². The van der Waals surface area contributed by atoms with Crippen molar-refractivity contribution in [3.05, 3.63) is 48.0 Å². The number of benzene rings is 1. The van der Waals surface area contributed by atoms with Crippen LogP contribution in [0.3, 0.4) is 0 Å². The second-order valence-corrected chi connectivity index (χ2v) is 3.20. The molecule has 0 fully saturated rings. The van der Waals surface area contributed by atoms with E-state index in [-0.39, 0.29) is 18.1 Å². The van der Waals surface area contributed by atoms with Crippen molar-refractivity contribution >= 4 is 5.97 Å². The third kappa shape index (κ3) is 1.67. The van der Waals surface area contributed by atoms with Gasteiger partial charge in [-0.05, 0) is 11.6 Å². The Labute approximate surface area is 82.2 Å². The molecule has 1 aromatic carbocycles. The molecule has 0 radical (unpaired) electrons. The first kappa shape index (κ1) is 8.97. The van der Waals surface area contributed by atoms with Gasteiger partial charge in [0.25, 0.3) is 0 Å².